The van der Waals surface area contributed by atoms with Crippen LogP contribution in [0.1, 0.15) is 25.0 Å². The van der Waals surface area contributed by atoms with E-state index in [-0.39, 0.29) is 12.5 Å². The molecule has 3 heterocycles. The van der Waals surface area contributed by atoms with Crippen molar-refractivity contribution in [2.24, 2.45) is 0 Å². The number of fused-ring (bicyclic) bond motifs is 1. The lowest BCUT2D eigenvalue weighted by Crippen LogP contribution is -2.44. The standard InChI is InChI=1S/C24H25N7O5/c1-3-29(13-16-7-8-19-20(11-16)36-10-9-35-19)21(32)14-30-22(33)24(2,26-23(30)34)17-5-4-6-18(12-17)31-15-25-27-28-31/h4-8,11-12,15H,3,9-10,13-14H2,1-2H3,(H,26,34). The van der Waals surface area contributed by atoms with Gasteiger partial charge >= 0.3 is 6.03 Å². The topological polar surface area (TPSA) is 132 Å². The maximum atomic E-state index is 13.4. The Balaban J connectivity index is 1.31. The number of likely N-dealkylation sites (N-methyl/N-ethyl adjacent to an activating group) is 1. The van der Waals surface area contributed by atoms with Crippen molar-refractivity contribution in [2.45, 2.75) is 25.9 Å². The third-order valence-corrected chi connectivity index (χ3v) is 6.32. The second-order valence-corrected chi connectivity index (χ2v) is 8.64. The smallest absolute Gasteiger partial charge is 0.325 e. The Kier molecular flexibility index (Phi) is 6.00. The van der Waals surface area contributed by atoms with Crippen molar-refractivity contribution < 1.29 is 23.9 Å². The molecule has 3 aromatic rings. The number of hydrogen-bond acceptors (Lipinski definition) is 8. The normalized spacial score (nSPS) is 18.8. The Bertz CT molecular complexity index is 1310. The first-order chi connectivity index (χ1) is 17.4. The van der Waals surface area contributed by atoms with Gasteiger partial charge in [0.1, 0.15) is 31.6 Å². The number of rotatable bonds is 7. The van der Waals surface area contributed by atoms with E-state index in [1.807, 2.05) is 25.1 Å². The molecular weight excluding hydrogens is 466 g/mol. The molecule has 0 spiro atoms. The highest BCUT2D eigenvalue weighted by Crippen LogP contribution is 2.32. The summed E-state index contributed by atoms with van der Waals surface area (Å²) in [6, 6.07) is 11.9. The maximum absolute atomic E-state index is 13.4. The summed E-state index contributed by atoms with van der Waals surface area (Å²) in [4.78, 5) is 41.9. The summed E-state index contributed by atoms with van der Waals surface area (Å²) in [7, 11) is 0. The summed E-state index contributed by atoms with van der Waals surface area (Å²) in [6.45, 7) is 4.77. The molecule has 1 fully saturated rings. The van der Waals surface area contributed by atoms with Gasteiger partial charge in [0.15, 0.2) is 11.5 Å². The summed E-state index contributed by atoms with van der Waals surface area (Å²) in [5.74, 6) is 0.450. The average Bonchev–Trinajstić information content (AvgIpc) is 3.51. The number of tetrazole rings is 1. The molecule has 0 saturated carbocycles. The van der Waals surface area contributed by atoms with Crippen molar-refractivity contribution >= 4 is 17.8 Å². The van der Waals surface area contributed by atoms with Crippen LogP contribution in [0, 0.1) is 0 Å². The largest absolute Gasteiger partial charge is 0.486 e. The van der Waals surface area contributed by atoms with Crippen LogP contribution in [0.2, 0.25) is 0 Å². The van der Waals surface area contributed by atoms with E-state index >= 15 is 0 Å². The summed E-state index contributed by atoms with van der Waals surface area (Å²) in [6.07, 6.45) is 1.43. The Morgan fingerprint density at radius 1 is 1.14 bits per heavy atom. The first-order valence-electron chi connectivity index (χ1n) is 11.5. The Morgan fingerprint density at radius 2 is 1.94 bits per heavy atom. The molecule has 2 aromatic carbocycles. The maximum Gasteiger partial charge on any atom is 0.325 e. The SMILES string of the molecule is CCN(Cc1ccc2c(c1)OCCO2)C(=O)CN1C(=O)NC(C)(c2cccc(-n3cnnn3)c2)C1=O. The predicted molar refractivity (Wildman–Crippen MR) is 125 cm³/mol. The van der Waals surface area contributed by atoms with Crippen molar-refractivity contribution in [3.63, 3.8) is 0 Å². The summed E-state index contributed by atoms with van der Waals surface area (Å²) in [5.41, 5.74) is 0.698. The van der Waals surface area contributed by atoms with Crippen LogP contribution in [0.15, 0.2) is 48.8 Å². The van der Waals surface area contributed by atoms with Crippen LogP contribution < -0.4 is 14.8 Å². The number of carbonyl (C=O) groups is 3. The molecule has 1 N–H and O–H groups in total. The summed E-state index contributed by atoms with van der Waals surface area (Å²) >= 11 is 0. The molecule has 5 rings (SSSR count). The van der Waals surface area contributed by atoms with Crippen molar-refractivity contribution in [1.29, 1.82) is 0 Å². The summed E-state index contributed by atoms with van der Waals surface area (Å²) < 4.78 is 12.6. The van der Waals surface area contributed by atoms with Crippen molar-refractivity contribution in [2.75, 3.05) is 26.3 Å². The van der Waals surface area contributed by atoms with E-state index in [9.17, 15) is 14.4 Å². The fourth-order valence-electron chi connectivity index (χ4n) is 4.29. The van der Waals surface area contributed by atoms with Crippen LogP contribution in [0.25, 0.3) is 5.69 Å². The molecule has 186 valence electrons. The van der Waals surface area contributed by atoms with E-state index in [1.165, 1.54) is 11.0 Å². The van der Waals surface area contributed by atoms with Crippen LogP contribution in [0.5, 0.6) is 11.5 Å². The number of benzene rings is 2. The minimum Gasteiger partial charge on any atom is -0.486 e. The van der Waals surface area contributed by atoms with Gasteiger partial charge in [0, 0.05) is 13.1 Å². The number of amides is 4. The van der Waals surface area contributed by atoms with Gasteiger partial charge in [-0.25, -0.2) is 9.48 Å². The average molecular weight is 492 g/mol. The first kappa shape index (κ1) is 23.3. The zero-order valence-electron chi connectivity index (χ0n) is 19.9. The van der Waals surface area contributed by atoms with Gasteiger partial charge in [-0.05, 0) is 59.7 Å². The number of imide groups is 1. The van der Waals surface area contributed by atoms with E-state index in [0.29, 0.717) is 49.1 Å². The van der Waals surface area contributed by atoms with Gasteiger partial charge in [-0.1, -0.05) is 18.2 Å². The van der Waals surface area contributed by atoms with Crippen molar-refractivity contribution in [3.05, 3.63) is 59.9 Å². The number of nitrogens with one attached hydrogen (secondary N) is 1. The number of nitrogens with zero attached hydrogens (tertiary/aromatic N) is 6. The summed E-state index contributed by atoms with van der Waals surface area (Å²) in [5, 5.41) is 13.8. The van der Waals surface area contributed by atoms with Gasteiger partial charge in [-0.15, -0.1) is 5.10 Å². The molecule has 1 saturated heterocycles. The highest BCUT2D eigenvalue weighted by atomic mass is 16.6. The Hall–Kier alpha value is -4.48. The van der Waals surface area contributed by atoms with Crippen LogP contribution in [0.4, 0.5) is 4.79 Å². The molecule has 2 aliphatic heterocycles. The highest BCUT2D eigenvalue weighted by molar-refractivity contribution is 6.09. The fourth-order valence-corrected chi connectivity index (χ4v) is 4.29. The first-order valence-corrected chi connectivity index (χ1v) is 11.5. The molecule has 2 aliphatic rings. The monoisotopic (exact) mass is 491 g/mol. The second-order valence-electron chi connectivity index (χ2n) is 8.64. The molecule has 4 amide bonds. The van der Waals surface area contributed by atoms with Crippen molar-refractivity contribution in [3.8, 4) is 17.2 Å². The second kappa shape index (κ2) is 9.29. The van der Waals surface area contributed by atoms with Gasteiger partial charge in [-0.2, -0.15) is 0 Å². The number of hydrogen-bond donors (Lipinski definition) is 1. The van der Waals surface area contributed by atoms with E-state index < -0.39 is 17.5 Å². The van der Waals surface area contributed by atoms with Crippen LogP contribution in [-0.4, -0.2) is 74.2 Å². The minimum atomic E-state index is -1.34. The zero-order valence-corrected chi connectivity index (χ0v) is 19.9. The molecule has 36 heavy (non-hydrogen) atoms. The quantitative estimate of drug-likeness (QED) is 0.489. The highest BCUT2D eigenvalue weighted by Gasteiger charge is 2.49. The predicted octanol–water partition coefficient (Wildman–Crippen LogP) is 1.25. The number of carbonyl (C=O) groups excluding carboxylic acids is 3. The van der Waals surface area contributed by atoms with E-state index in [4.69, 9.17) is 9.47 Å². The van der Waals surface area contributed by atoms with E-state index in [1.54, 1.807) is 36.1 Å². The Morgan fingerprint density at radius 3 is 2.69 bits per heavy atom. The lowest BCUT2D eigenvalue weighted by atomic mass is 9.91. The van der Waals surface area contributed by atoms with Gasteiger partial charge in [-0.3, -0.25) is 14.5 Å². The third-order valence-electron chi connectivity index (χ3n) is 6.32. The molecule has 12 nitrogen and oxygen atoms in total. The van der Waals surface area contributed by atoms with Crippen molar-refractivity contribution in [1.82, 2.24) is 35.3 Å². The van der Waals surface area contributed by atoms with Gasteiger partial charge in [0.25, 0.3) is 5.91 Å². The Labute approximate surface area is 206 Å². The molecule has 12 heteroatoms. The number of urea groups is 1. The molecule has 0 aliphatic carbocycles. The molecule has 1 atom stereocenters. The van der Waals surface area contributed by atoms with E-state index in [0.717, 1.165) is 10.5 Å². The molecule has 1 aromatic heterocycles. The van der Waals surface area contributed by atoms with Gasteiger partial charge < -0.3 is 19.7 Å². The number of aromatic nitrogens is 4. The third kappa shape index (κ3) is 4.21. The van der Waals surface area contributed by atoms with Crippen LogP contribution >= 0.6 is 0 Å². The van der Waals surface area contributed by atoms with Crippen LogP contribution in [0.3, 0.4) is 0 Å². The number of ether oxygens (including phenoxy) is 2. The molecule has 1 unspecified atom stereocenters. The lowest BCUT2D eigenvalue weighted by molar-refractivity contribution is -0.139. The minimum absolute atomic E-state index is 0.306. The van der Waals surface area contributed by atoms with E-state index in [2.05, 4.69) is 20.8 Å². The molecule has 0 radical (unpaired) electrons. The molecule has 0 bridgehead atoms. The van der Waals surface area contributed by atoms with Gasteiger partial charge in [0.2, 0.25) is 5.91 Å². The van der Waals surface area contributed by atoms with Gasteiger partial charge in [0.05, 0.1) is 5.69 Å². The van der Waals surface area contributed by atoms with Crippen LogP contribution in [-0.2, 0) is 21.7 Å². The zero-order chi connectivity index (χ0) is 25.3. The lowest BCUT2D eigenvalue weighted by Gasteiger charge is -2.25. The fraction of sp³-hybridized carbons (Fsp3) is 0.333. The molecular formula is C24H25N7O5.